The minimum Gasteiger partial charge on any atom is -0.352 e. The number of rotatable bonds is 5. The standard InChI is InChI=1S/C13H22N4O2/c1-17(8-12-14-10-19-16-12)9-13(18)15-11-6-4-2-3-5-7-11/h10-11H,2-9H2,1H3,(H,15,18). The van der Waals surface area contributed by atoms with E-state index < -0.39 is 0 Å². The van der Waals surface area contributed by atoms with Gasteiger partial charge in [0.1, 0.15) is 0 Å². The lowest BCUT2D eigenvalue weighted by Crippen LogP contribution is -2.40. The highest BCUT2D eigenvalue weighted by atomic mass is 16.5. The van der Waals surface area contributed by atoms with Crippen molar-refractivity contribution in [1.82, 2.24) is 20.4 Å². The van der Waals surface area contributed by atoms with E-state index in [4.69, 9.17) is 0 Å². The fraction of sp³-hybridized carbons (Fsp3) is 0.769. The summed E-state index contributed by atoms with van der Waals surface area (Å²) in [6.45, 7) is 0.889. The molecule has 0 aromatic carbocycles. The molecule has 0 aliphatic heterocycles. The Bertz CT molecular complexity index is 372. The summed E-state index contributed by atoms with van der Waals surface area (Å²) in [7, 11) is 1.88. The Hall–Kier alpha value is -1.43. The lowest BCUT2D eigenvalue weighted by molar-refractivity contribution is -0.122. The van der Waals surface area contributed by atoms with Crippen LogP contribution in [0.4, 0.5) is 0 Å². The molecule has 6 heteroatoms. The van der Waals surface area contributed by atoms with Crippen molar-refractivity contribution in [3.8, 4) is 0 Å². The second-order valence-electron chi connectivity index (χ2n) is 5.28. The Labute approximate surface area is 113 Å². The molecule has 6 nitrogen and oxygen atoms in total. The van der Waals surface area contributed by atoms with Crippen molar-refractivity contribution in [2.24, 2.45) is 0 Å². The molecule has 0 saturated heterocycles. The molecule has 19 heavy (non-hydrogen) atoms. The molecule has 1 fully saturated rings. The lowest BCUT2D eigenvalue weighted by atomic mass is 10.1. The van der Waals surface area contributed by atoms with Gasteiger partial charge in [-0.15, -0.1) is 0 Å². The molecule has 0 radical (unpaired) electrons. The van der Waals surface area contributed by atoms with Crippen LogP contribution in [0, 0.1) is 0 Å². The first-order valence-corrected chi connectivity index (χ1v) is 6.97. The summed E-state index contributed by atoms with van der Waals surface area (Å²) in [5.74, 6) is 0.683. The second kappa shape index (κ2) is 7.23. The largest absolute Gasteiger partial charge is 0.352 e. The summed E-state index contributed by atoms with van der Waals surface area (Å²) < 4.78 is 4.67. The van der Waals surface area contributed by atoms with E-state index in [0.29, 0.717) is 25.0 Å². The van der Waals surface area contributed by atoms with Crippen LogP contribution in [0.3, 0.4) is 0 Å². The number of likely N-dealkylation sites (N-methyl/N-ethyl adjacent to an activating group) is 1. The minimum atomic E-state index is 0.0814. The predicted octanol–water partition coefficient (Wildman–Crippen LogP) is 1.34. The maximum absolute atomic E-state index is 11.9. The van der Waals surface area contributed by atoms with E-state index in [-0.39, 0.29) is 5.91 Å². The summed E-state index contributed by atoms with van der Waals surface area (Å²) in [4.78, 5) is 17.8. The topological polar surface area (TPSA) is 71.3 Å². The molecule has 0 unspecified atom stereocenters. The van der Waals surface area contributed by atoms with Crippen molar-refractivity contribution in [1.29, 1.82) is 0 Å². The summed E-state index contributed by atoms with van der Waals surface area (Å²) in [6, 6.07) is 0.355. The van der Waals surface area contributed by atoms with Gasteiger partial charge in [0.15, 0.2) is 5.82 Å². The Morgan fingerprint density at radius 3 is 2.79 bits per heavy atom. The van der Waals surface area contributed by atoms with Gasteiger partial charge in [-0.1, -0.05) is 30.8 Å². The molecule has 106 valence electrons. The van der Waals surface area contributed by atoms with Crippen LogP contribution >= 0.6 is 0 Å². The predicted molar refractivity (Wildman–Crippen MR) is 70.3 cm³/mol. The molecule has 0 bridgehead atoms. The average Bonchev–Trinajstić information content (AvgIpc) is 2.72. The highest BCUT2D eigenvalue weighted by Gasteiger charge is 2.16. The third kappa shape index (κ3) is 4.98. The zero-order valence-electron chi connectivity index (χ0n) is 11.5. The molecule has 0 spiro atoms. The van der Waals surface area contributed by atoms with Crippen molar-refractivity contribution in [3.05, 3.63) is 12.2 Å². The summed E-state index contributed by atoms with van der Waals surface area (Å²) >= 11 is 0. The van der Waals surface area contributed by atoms with Gasteiger partial charge in [0.25, 0.3) is 0 Å². The second-order valence-corrected chi connectivity index (χ2v) is 5.28. The molecular weight excluding hydrogens is 244 g/mol. The fourth-order valence-electron chi connectivity index (χ4n) is 2.50. The maximum Gasteiger partial charge on any atom is 0.234 e. The van der Waals surface area contributed by atoms with E-state index in [1.807, 2.05) is 11.9 Å². The Balaban J connectivity index is 1.70. The number of hydrogen-bond acceptors (Lipinski definition) is 5. The summed E-state index contributed by atoms with van der Waals surface area (Å²) in [5.41, 5.74) is 0. The monoisotopic (exact) mass is 266 g/mol. The summed E-state index contributed by atoms with van der Waals surface area (Å²) in [6.07, 6.45) is 8.57. The van der Waals surface area contributed by atoms with E-state index in [0.717, 1.165) is 12.8 Å². The Kier molecular flexibility index (Phi) is 5.32. The molecule has 1 heterocycles. The average molecular weight is 266 g/mol. The number of hydrogen-bond donors (Lipinski definition) is 1. The zero-order chi connectivity index (χ0) is 13.5. The molecule has 1 amide bonds. The first-order chi connectivity index (χ1) is 9.24. The number of carbonyl (C=O) groups is 1. The molecule has 1 aliphatic carbocycles. The van der Waals surface area contributed by atoms with Crippen molar-refractivity contribution < 1.29 is 9.32 Å². The van der Waals surface area contributed by atoms with Crippen molar-refractivity contribution in [2.45, 2.75) is 51.1 Å². The van der Waals surface area contributed by atoms with Crippen LogP contribution in [0.25, 0.3) is 0 Å². The Morgan fingerprint density at radius 2 is 2.16 bits per heavy atom. The maximum atomic E-state index is 11.9. The van der Waals surface area contributed by atoms with Crippen LogP contribution < -0.4 is 5.32 Å². The SMILES string of the molecule is CN(CC(=O)NC1CCCCCC1)Cc1ncon1. The number of nitrogens with zero attached hydrogens (tertiary/aromatic N) is 3. The van der Waals surface area contributed by atoms with Crippen LogP contribution in [0.5, 0.6) is 0 Å². The van der Waals surface area contributed by atoms with E-state index in [1.54, 1.807) is 0 Å². The van der Waals surface area contributed by atoms with E-state index in [2.05, 4.69) is 20.0 Å². The fourth-order valence-corrected chi connectivity index (χ4v) is 2.50. The first kappa shape index (κ1) is 14.0. The van der Waals surface area contributed by atoms with Gasteiger partial charge in [0.05, 0.1) is 13.1 Å². The van der Waals surface area contributed by atoms with E-state index >= 15 is 0 Å². The van der Waals surface area contributed by atoms with Gasteiger partial charge >= 0.3 is 0 Å². The van der Waals surface area contributed by atoms with Gasteiger partial charge in [-0.3, -0.25) is 9.69 Å². The van der Waals surface area contributed by atoms with Crippen molar-refractivity contribution in [2.75, 3.05) is 13.6 Å². The third-order valence-corrected chi connectivity index (χ3v) is 3.45. The van der Waals surface area contributed by atoms with Crippen LogP contribution in [-0.2, 0) is 11.3 Å². The normalized spacial score (nSPS) is 17.4. The number of carbonyl (C=O) groups excluding carboxylic acids is 1. The molecule has 1 aromatic heterocycles. The number of amides is 1. The zero-order valence-corrected chi connectivity index (χ0v) is 11.5. The lowest BCUT2D eigenvalue weighted by Gasteiger charge is -2.19. The molecule has 0 atom stereocenters. The summed E-state index contributed by atoms with van der Waals surface area (Å²) in [5, 5.41) is 6.86. The molecule has 1 saturated carbocycles. The third-order valence-electron chi connectivity index (χ3n) is 3.45. The number of aromatic nitrogens is 2. The van der Waals surface area contributed by atoms with Crippen LogP contribution in [0.2, 0.25) is 0 Å². The highest BCUT2D eigenvalue weighted by Crippen LogP contribution is 2.17. The van der Waals surface area contributed by atoms with Gasteiger partial charge in [-0.25, -0.2) is 0 Å². The van der Waals surface area contributed by atoms with Crippen LogP contribution in [0.15, 0.2) is 10.9 Å². The molecule has 1 aromatic rings. The highest BCUT2D eigenvalue weighted by molar-refractivity contribution is 5.78. The smallest absolute Gasteiger partial charge is 0.234 e. The quantitative estimate of drug-likeness (QED) is 0.814. The van der Waals surface area contributed by atoms with Crippen LogP contribution in [0.1, 0.15) is 44.3 Å². The first-order valence-electron chi connectivity index (χ1n) is 6.97. The van der Waals surface area contributed by atoms with Gasteiger partial charge in [0.2, 0.25) is 12.3 Å². The van der Waals surface area contributed by atoms with Crippen LogP contribution in [-0.4, -0.2) is 40.6 Å². The van der Waals surface area contributed by atoms with Gasteiger partial charge in [-0.2, -0.15) is 4.98 Å². The van der Waals surface area contributed by atoms with E-state index in [1.165, 1.54) is 32.1 Å². The van der Waals surface area contributed by atoms with Gasteiger partial charge in [-0.05, 0) is 19.9 Å². The molecule has 1 aliphatic rings. The van der Waals surface area contributed by atoms with Gasteiger partial charge < -0.3 is 9.84 Å². The van der Waals surface area contributed by atoms with Crippen molar-refractivity contribution >= 4 is 5.91 Å². The molecule has 2 rings (SSSR count). The van der Waals surface area contributed by atoms with E-state index in [9.17, 15) is 4.79 Å². The van der Waals surface area contributed by atoms with Gasteiger partial charge in [0, 0.05) is 6.04 Å². The molecular formula is C13H22N4O2. The van der Waals surface area contributed by atoms with Crippen molar-refractivity contribution in [3.63, 3.8) is 0 Å². The minimum absolute atomic E-state index is 0.0814. The Morgan fingerprint density at radius 1 is 1.42 bits per heavy atom. The number of nitrogens with one attached hydrogen (secondary N) is 1. The molecule has 1 N–H and O–H groups in total.